The van der Waals surface area contributed by atoms with Gasteiger partial charge in [0.25, 0.3) is 0 Å². The Labute approximate surface area is 141 Å². The summed E-state index contributed by atoms with van der Waals surface area (Å²) in [6.07, 6.45) is 0. The van der Waals surface area contributed by atoms with Gasteiger partial charge in [-0.3, -0.25) is 0 Å². The van der Waals surface area contributed by atoms with Crippen LogP contribution in [0.15, 0.2) is 23.3 Å². The number of carbonyl (C=O) groups excluding carboxylic acids is 1. The summed E-state index contributed by atoms with van der Waals surface area (Å²) in [7, 11) is -0.892. The Bertz CT molecular complexity index is 660. The Morgan fingerprint density at radius 1 is 1.29 bits per heavy atom. The van der Waals surface area contributed by atoms with E-state index in [2.05, 4.69) is 5.10 Å². The summed E-state index contributed by atoms with van der Waals surface area (Å²) in [5.74, 6) is 3.79. The molecule has 1 saturated heterocycles. The lowest BCUT2D eigenvalue weighted by atomic mass is 9.77. The molecule has 0 bridgehead atoms. The summed E-state index contributed by atoms with van der Waals surface area (Å²) >= 11 is 0. The van der Waals surface area contributed by atoms with Crippen LogP contribution in [0.25, 0.3) is 0 Å². The molecule has 24 heavy (non-hydrogen) atoms. The van der Waals surface area contributed by atoms with Crippen molar-refractivity contribution >= 4 is 24.3 Å². The average Bonchev–Trinajstić information content (AvgIpc) is 2.70. The van der Waals surface area contributed by atoms with Crippen molar-refractivity contribution in [1.29, 1.82) is 0 Å². The zero-order chi connectivity index (χ0) is 18.1. The van der Waals surface area contributed by atoms with Gasteiger partial charge in [0.2, 0.25) is 0 Å². The van der Waals surface area contributed by atoms with Crippen LogP contribution in [-0.2, 0) is 18.8 Å². The monoisotopic (exact) mass is 336 g/mol. The van der Waals surface area contributed by atoms with Gasteiger partial charge in [0, 0.05) is 11.0 Å². The van der Waals surface area contributed by atoms with E-state index in [9.17, 15) is 9.18 Å². The molecule has 0 aliphatic carbocycles. The number of hydrazone groups is 1. The fourth-order valence-corrected chi connectivity index (χ4v) is 2.32. The van der Waals surface area contributed by atoms with Crippen molar-refractivity contribution in [2.75, 3.05) is 6.61 Å². The molecule has 0 aromatic heterocycles. The first kappa shape index (κ1) is 18.4. The predicted octanol–water partition coefficient (Wildman–Crippen LogP) is 1.35. The van der Waals surface area contributed by atoms with E-state index in [0.29, 0.717) is 0 Å². The molecule has 2 N–H and O–H groups in total. The third-order valence-corrected chi connectivity index (χ3v) is 4.39. The van der Waals surface area contributed by atoms with Crippen LogP contribution < -0.4 is 11.3 Å². The smallest absolute Gasteiger partial charge is 0.461 e. The van der Waals surface area contributed by atoms with Gasteiger partial charge in [0.1, 0.15) is 5.82 Å². The van der Waals surface area contributed by atoms with Gasteiger partial charge in [-0.2, -0.15) is 5.10 Å². The summed E-state index contributed by atoms with van der Waals surface area (Å²) in [5, 5.41) is 3.38. The van der Waals surface area contributed by atoms with Gasteiger partial charge < -0.3 is 19.9 Å². The van der Waals surface area contributed by atoms with Crippen molar-refractivity contribution in [2.45, 2.75) is 45.8 Å². The first-order valence-electron chi connectivity index (χ1n) is 7.74. The van der Waals surface area contributed by atoms with E-state index in [1.54, 1.807) is 19.1 Å². The first-order chi connectivity index (χ1) is 11.1. The molecule has 2 rings (SSSR count). The van der Waals surface area contributed by atoms with Crippen molar-refractivity contribution in [3.05, 3.63) is 29.6 Å². The molecule has 0 unspecified atom stereocenters. The molecule has 1 aliphatic heterocycles. The normalized spacial score (nSPS) is 19.4. The zero-order valence-corrected chi connectivity index (χ0v) is 14.6. The minimum absolute atomic E-state index is 0.0526. The highest BCUT2D eigenvalue weighted by Gasteiger charge is 2.52. The molecule has 1 fully saturated rings. The summed E-state index contributed by atoms with van der Waals surface area (Å²) in [6.45, 7) is 9.28. The maximum absolute atomic E-state index is 15.0. The fourth-order valence-electron chi connectivity index (χ4n) is 2.32. The zero-order valence-electron chi connectivity index (χ0n) is 14.6. The minimum Gasteiger partial charge on any atom is -0.461 e. The molecule has 0 radical (unpaired) electrons. The molecule has 8 heteroatoms. The van der Waals surface area contributed by atoms with Crippen LogP contribution in [-0.4, -0.2) is 36.6 Å². The number of nitrogens with zero attached hydrogens (tertiary/aromatic N) is 1. The summed E-state index contributed by atoms with van der Waals surface area (Å²) < 4.78 is 31.5. The molecule has 0 atom stereocenters. The number of carbonyl (C=O) groups is 1. The number of benzene rings is 1. The number of rotatable bonds is 4. The Morgan fingerprint density at radius 3 is 2.38 bits per heavy atom. The third kappa shape index (κ3) is 3.16. The van der Waals surface area contributed by atoms with E-state index in [-0.39, 0.29) is 23.3 Å². The highest BCUT2D eigenvalue weighted by atomic mass is 19.1. The minimum atomic E-state index is -0.892. The molecule has 0 amide bonds. The molecule has 1 aromatic carbocycles. The van der Waals surface area contributed by atoms with E-state index in [4.69, 9.17) is 19.9 Å². The van der Waals surface area contributed by atoms with E-state index >= 15 is 0 Å². The Balaban J connectivity index is 2.41. The number of esters is 1. The van der Waals surface area contributed by atoms with Gasteiger partial charge in [0.15, 0.2) is 5.71 Å². The SMILES string of the molecule is CCOC(=O)/C(=N\N)c1cccc(B2OC(C)(C)C(C)(C)O2)c1F. The van der Waals surface area contributed by atoms with Crippen LogP contribution in [0.1, 0.15) is 40.2 Å². The van der Waals surface area contributed by atoms with Gasteiger partial charge in [-0.05, 0) is 40.7 Å². The molecule has 130 valence electrons. The van der Waals surface area contributed by atoms with Gasteiger partial charge in [-0.1, -0.05) is 12.1 Å². The Kier molecular flexibility index (Phi) is 5.01. The second kappa shape index (κ2) is 6.53. The highest BCUT2D eigenvalue weighted by Crippen LogP contribution is 2.36. The standard InChI is InChI=1S/C16H22BFN2O4/c1-6-22-14(21)13(20-19)10-8-7-9-11(12(10)18)17-23-15(2,3)16(4,5)24-17/h7-9H,6,19H2,1-5H3/b20-13-. The van der Waals surface area contributed by atoms with E-state index in [1.165, 1.54) is 6.07 Å². The van der Waals surface area contributed by atoms with Gasteiger partial charge >= 0.3 is 13.1 Å². The first-order valence-corrected chi connectivity index (χ1v) is 7.74. The van der Waals surface area contributed by atoms with Gasteiger partial charge in [-0.25, -0.2) is 9.18 Å². The number of ether oxygens (including phenoxy) is 1. The number of nitrogens with two attached hydrogens (primary N) is 1. The van der Waals surface area contributed by atoms with Crippen LogP contribution in [0.5, 0.6) is 0 Å². The van der Waals surface area contributed by atoms with Crippen molar-refractivity contribution in [1.82, 2.24) is 0 Å². The van der Waals surface area contributed by atoms with Crippen LogP contribution in [0.3, 0.4) is 0 Å². The largest absolute Gasteiger partial charge is 0.497 e. The van der Waals surface area contributed by atoms with E-state index in [0.717, 1.165) is 0 Å². The topological polar surface area (TPSA) is 83.1 Å². The predicted molar refractivity (Wildman–Crippen MR) is 89.5 cm³/mol. The van der Waals surface area contributed by atoms with Crippen molar-refractivity contribution in [3.8, 4) is 0 Å². The lowest BCUT2D eigenvalue weighted by Crippen LogP contribution is -2.41. The third-order valence-electron chi connectivity index (χ3n) is 4.39. The van der Waals surface area contributed by atoms with Crippen molar-refractivity contribution < 1.29 is 23.2 Å². The number of hydrogen-bond acceptors (Lipinski definition) is 6. The van der Waals surface area contributed by atoms with Crippen LogP contribution >= 0.6 is 0 Å². The van der Waals surface area contributed by atoms with Crippen molar-refractivity contribution in [3.63, 3.8) is 0 Å². The molecule has 0 saturated carbocycles. The molecule has 1 heterocycles. The van der Waals surface area contributed by atoms with Crippen LogP contribution in [0, 0.1) is 5.82 Å². The fraction of sp³-hybridized carbons (Fsp3) is 0.500. The lowest BCUT2D eigenvalue weighted by molar-refractivity contribution is -0.134. The molecular weight excluding hydrogens is 314 g/mol. The molecule has 1 aromatic rings. The Morgan fingerprint density at radius 2 is 1.88 bits per heavy atom. The second-order valence-corrected chi connectivity index (χ2v) is 6.50. The van der Waals surface area contributed by atoms with Gasteiger partial charge in [0.05, 0.1) is 17.8 Å². The van der Waals surface area contributed by atoms with Crippen LogP contribution in [0.4, 0.5) is 4.39 Å². The van der Waals surface area contributed by atoms with Gasteiger partial charge in [-0.15, -0.1) is 0 Å². The summed E-state index contributed by atoms with van der Waals surface area (Å²) in [4.78, 5) is 11.9. The molecule has 0 spiro atoms. The van der Waals surface area contributed by atoms with E-state index in [1.807, 2.05) is 27.7 Å². The van der Waals surface area contributed by atoms with E-state index < -0.39 is 30.1 Å². The lowest BCUT2D eigenvalue weighted by Gasteiger charge is -2.32. The van der Waals surface area contributed by atoms with Crippen molar-refractivity contribution in [2.24, 2.45) is 10.9 Å². The summed E-state index contributed by atoms with van der Waals surface area (Å²) in [5.41, 5.74) is -1.37. The highest BCUT2D eigenvalue weighted by molar-refractivity contribution is 6.62. The number of halogens is 1. The number of hydrogen-bond donors (Lipinski definition) is 1. The molecular formula is C16H22BFN2O4. The quantitative estimate of drug-likeness (QED) is 0.295. The maximum atomic E-state index is 15.0. The molecule has 1 aliphatic rings. The Hall–Kier alpha value is -1.93. The second-order valence-electron chi connectivity index (χ2n) is 6.50. The summed E-state index contributed by atoms with van der Waals surface area (Å²) in [6, 6.07) is 4.54. The average molecular weight is 336 g/mol. The van der Waals surface area contributed by atoms with Crippen LogP contribution in [0.2, 0.25) is 0 Å². The molecule has 6 nitrogen and oxygen atoms in total. The maximum Gasteiger partial charge on any atom is 0.497 e.